The Morgan fingerprint density at radius 2 is 1.92 bits per heavy atom. The van der Waals surface area contributed by atoms with E-state index in [-0.39, 0.29) is 5.91 Å². The van der Waals surface area contributed by atoms with Crippen LogP contribution < -0.4 is 5.73 Å². The van der Waals surface area contributed by atoms with Crippen LogP contribution in [-0.2, 0) is 6.54 Å². The molecule has 0 spiro atoms. The molecule has 1 amide bonds. The highest BCUT2D eigenvalue weighted by atomic mass is 32.1. The van der Waals surface area contributed by atoms with Gasteiger partial charge in [0.15, 0.2) is 0 Å². The van der Waals surface area contributed by atoms with E-state index in [9.17, 15) is 4.79 Å². The summed E-state index contributed by atoms with van der Waals surface area (Å²) in [6.07, 6.45) is 2.05. The van der Waals surface area contributed by atoms with E-state index in [0.29, 0.717) is 12.5 Å². The van der Waals surface area contributed by atoms with Crippen LogP contribution in [0.4, 0.5) is 0 Å². The molecule has 2 N–H and O–H groups in total. The maximum atomic E-state index is 12.8. The third-order valence-corrected chi connectivity index (χ3v) is 7.18. The van der Waals surface area contributed by atoms with Crippen LogP contribution in [0.1, 0.15) is 44.4 Å². The number of hydrogen-bond acceptors (Lipinski definition) is 4. The fourth-order valence-corrected chi connectivity index (χ4v) is 5.89. The monoisotopic (exact) mass is 370 g/mol. The maximum absolute atomic E-state index is 12.8. The van der Waals surface area contributed by atoms with Gasteiger partial charge in [0, 0.05) is 33.9 Å². The van der Waals surface area contributed by atoms with Gasteiger partial charge in [-0.2, -0.15) is 0 Å². The molecule has 3 nitrogen and oxygen atoms in total. The minimum Gasteiger partial charge on any atom is -0.338 e. The summed E-state index contributed by atoms with van der Waals surface area (Å²) in [4.78, 5) is 17.0. The first kappa shape index (κ1) is 16.8. The van der Waals surface area contributed by atoms with E-state index in [1.807, 2.05) is 4.90 Å². The van der Waals surface area contributed by atoms with E-state index in [4.69, 9.17) is 5.73 Å². The molecule has 25 heavy (non-hydrogen) atoms. The Kier molecular flexibility index (Phi) is 4.63. The third-order valence-electron chi connectivity index (χ3n) is 4.98. The van der Waals surface area contributed by atoms with Crippen molar-refractivity contribution in [2.24, 2.45) is 5.73 Å². The first-order valence-electron chi connectivity index (χ1n) is 8.72. The molecule has 1 aromatic carbocycles. The Labute approximate surface area is 156 Å². The zero-order chi connectivity index (χ0) is 17.4. The zero-order valence-corrected chi connectivity index (χ0v) is 16.0. The number of likely N-dealkylation sites (tertiary alicyclic amines) is 1. The van der Waals surface area contributed by atoms with Gasteiger partial charge in [-0.3, -0.25) is 4.79 Å². The minimum absolute atomic E-state index is 0.195. The lowest BCUT2D eigenvalue weighted by Crippen LogP contribution is -2.37. The van der Waals surface area contributed by atoms with Crippen molar-refractivity contribution in [2.75, 3.05) is 13.1 Å². The number of carbonyl (C=O) groups is 1. The van der Waals surface area contributed by atoms with Crippen molar-refractivity contribution in [3.05, 3.63) is 57.3 Å². The van der Waals surface area contributed by atoms with Gasteiger partial charge in [0.2, 0.25) is 0 Å². The van der Waals surface area contributed by atoms with Crippen LogP contribution in [0.2, 0.25) is 0 Å². The van der Waals surface area contributed by atoms with E-state index in [1.165, 1.54) is 25.4 Å². The van der Waals surface area contributed by atoms with Crippen LogP contribution in [0.25, 0.3) is 9.40 Å². The van der Waals surface area contributed by atoms with Gasteiger partial charge in [-0.05, 0) is 48.9 Å². The molecule has 1 saturated heterocycles. The van der Waals surface area contributed by atoms with Gasteiger partial charge in [0.05, 0.1) is 4.88 Å². The highest BCUT2D eigenvalue weighted by Gasteiger charge is 2.25. The van der Waals surface area contributed by atoms with Crippen LogP contribution >= 0.6 is 22.7 Å². The summed E-state index contributed by atoms with van der Waals surface area (Å²) in [5.74, 6) is 0.727. The topological polar surface area (TPSA) is 46.3 Å². The zero-order valence-electron chi connectivity index (χ0n) is 14.3. The number of amides is 1. The molecule has 2 aromatic heterocycles. The van der Waals surface area contributed by atoms with Crippen LogP contribution in [-0.4, -0.2) is 23.9 Å². The average molecular weight is 371 g/mol. The molecule has 1 fully saturated rings. The summed E-state index contributed by atoms with van der Waals surface area (Å²) < 4.78 is 2.47. The number of nitrogens with two attached hydrogens (primary N) is 1. The highest BCUT2D eigenvalue weighted by Crippen LogP contribution is 2.34. The van der Waals surface area contributed by atoms with Gasteiger partial charge in [-0.15, -0.1) is 22.7 Å². The fourth-order valence-electron chi connectivity index (χ4n) is 3.61. The van der Waals surface area contributed by atoms with E-state index in [0.717, 1.165) is 30.8 Å². The molecule has 5 heteroatoms. The largest absolute Gasteiger partial charge is 0.338 e. The van der Waals surface area contributed by atoms with Crippen molar-refractivity contribution >= 4 is 38.0 Å². The molecule has 1 aliphatic heterocycles. The van der Waals surface area contributed by atoms with Crippen molar-refractivity contribution in [3.63, 3.8) is 0 Å². The van der Waals surface area contributed by atoms with E-state index in [2.05, 4.69) is 43.3 Å². The van der Waals surface area contributed by atoms with Gasteiger partial charge in [-0.1, -0.05) is 24.3 Å². The molecule has 0 unspecified atom stereocenters. The van der Waals surface area contributed by atoms with Crippen LogP contribution in [0.15, 0.2) is 36.4 Å². The number of rotatable bonds is 3. The predicted octanol–water partition coefficient (Wildman–Crippen LogP) is 4.75. The van der Waals surface area contributed by atoms with Crippen LogP contribution in [0, 0.1) is 6.92 Å². The molecule has 0 bridgehead atoms. The molecular formula is C20H22N2OS2. The Balaban J connectivity index is 1.43. The lowest BCUT2D eigenvalue weighted by molar-refractivity contribution is 0.0718. The summed E-state index contributed by atoms with van der Waals surface area (Å²) in [7, 11) is 0. The van der Waals surface area contributed by atoms with Crippen LogP contribution in [0.3, 0.4) is 0 Å². The Morgan fingerprint density at radius 1 is 1.16 bits per heavy atom. The summed E-state index contributed by atoms with van der Waals surface area (Å²) in [5.41, 5.74) is 8.30. The maximum Gasteiger partial charge on any atom is 0.263 e. The van der Waals surface area contributed by atoms with Gasteiger partial charge < -0.3 is 10.6 Å². The lowest BCUT2D eigenvalue weighted by atomic mass is 9.88. The number of aryl methyl sites for hydroxylation is 1. The molecule has 130 valence electrons. The summed E-state index contributed by atoms with van der Waals surface area (Å²) in [6.45, 7) is 4.37. The molecule has 3 heterocycles. The third kappa shape index (κ3) is 3.36. The van der Waals surface area contributed by atoms with E-state index >= 15 is 0 Å². The molecule has 0 radical (unpaired) electrons. The van der Waals surface area contributed by atoms with E-state index in [1.54, 1.807) is 22.7 Å². The number of fused-ring (bicyclic) bond motifs is 1. The fraction of sp³-hybridized carbons (Fsp3) is 0.350. The van der Waals surface area contributed by atoms with Crippen molar-refractivity contribution in [3.8, 4) is 0 Å². The van der Waals surface area contributed by atoms with Gasteiger partial charge >= 0.3 is 0 Å². The molecule has 4 rings (SSSR count). The van der Waals surface area contributed by atoms with E-state index < -0.39 is 0 Å². The Morgan fingerprint density at radius 3 is 2.64 bits per heavy atom. The van der Waals surface area contributed by atoms with Crippen molar-refractivity contribution in [2.45, 2.75) is 32.2 Å². The number of thiophene rings is 2. The highest BCUT2D eigenvalue weighted by molar-refractivity contribution is 7.28. The summed E-state index contributed by atoms with van der Waals surface area (Å²) >= 11 is 3.39. The summed E-state index contributed by atoms with van der Waals surface area (Å²) in [6, 6.07) is 12.8. The minimum atomic E-state index is 0.195. The molecule has 3 aromatic rings. The van der Waals surface area contributed by atoms with Gasteiger partial charge in [0.25, 0.3) is 5.91 Å². The molecule has 1 aliphatic rings. The second-order valence-corrected chi connectivity index (χ2v) is 9.08. The Hall–Kier alpha value is -1.69. The van der Waals surface area contributed by atoms with Crippen molar-refractivity contribution < 1.29 is 4.79 Å². The Bertz CT molecular complexity index is 872. The predicted molar refractivity (Wildman–Crippen MR) is 107 cm³/mol. The summed E-state index contributed by atoms with van der Waals surface area (Å²) in [5, 5.41) is 0. The normalized spacial score (nSPS) is 15.8. The molecule has 0 atom stereocenters. The second-order valence-electron chi connectivity index (χ2n) is 6.71. The van der Waals surface area contributed by atoms with Gasteiger partial charge in [-0.25, -0.2) is 0 Å². The first-order valence-corrected chi connectivity index (χ1v) is 10.4. The van der Waals surface area contributed by atoms with Crippen molar-refractivity contribution in [1.29, 1.82) is 0 Å². The molecular weight excluding hydrogens is 348 g/mol. The number of benzene rings is 1. The lowest BCUT2D eigenvalue weighted by Gasteiger charge is -2.32. The molecule has 0 aliphatic carbocycles. The standard InChI is InChI=1S/C20H22N2OS2/c1-13-9-17-18(24-13)11-19(25-17)20(23)22-7-5-15(6-8-22)16-4-2-3-14(10-16)12-21/h2-4,9-11,15H,5-8,12,21H2,1H3. The number of carbonyl (C=O) groups excluding carboxylic acids is 1. The first-order chi connectivity index (χ1) is 12.1. The number of hydrogen-bond donors (Lipinski definition) is 1. The smallest absolute Gasteiger partial charge is 0.263 e. The molecule has 0 saturated carbocycles. The van der Waals surface area contributed by atoms with Crippen molar-refractivity contribution in [1.82, 2.24) is 4.90 Å². The average Bonchev–Trinajstić information content (AvgIpc) is 3.18. The number of piperidine rings is 1. The van der Waals surface area contributed by atoms with Gasteiger partial charge in [0.1, 0.15) is 0 Å². The van der Waals surface area contributed by atoms with Crippen LogP contribution in [0.5, 0.6) is 0 Å². The number of nitrogens with zero attached hydrogens (tertiary/aromatic N) is 1. The second kappa shape index (κ2) is 6.90. The quantitative estimate of drug-likeness (QED) is 0.723. The SMILES string of the molecule is Cc1cc2sc(C(=O)N3CCC(c4cccc(CN)c4)CC3)cc2s1.